The molecular weight excluding hydrogens is 386 g/mol. The highest BCUT2D eigenvalue weighted by Crippen LogP contribution is 2.34. The van der Waals surface area contributed by atoms with Gasteiger partial charge in [-0.1, -0.05) is 66.7 Å². The van der Waals surface area contributed by atoms with Gasteiger partial charge >= 0.3 is 0 Å². The Morgan fingerprint density at radius 3 is 2.03 bits per heavy atom. The largest absolute Gasteiger partial charge is 0.369 e. The van der Waals surface area contributed by atoms with E-state index < -0.39 is 5.41 Å². The van der Waals surface area contributed by atoms with Gasteiger partial charge in [-0.3, -0.25) is 9.78 Å². The minimum atomic E-state index is -0.671. The van der Waals surface area contributed by atoms with E-state index in [4.69, 9.17) is 10.5 Å². The summed E-state index contributed by atoms with van der Waals surface area (Å²) in [6, 6.07) is 26.3. The molecular formula is C26H29N3O2. The Labute approximate surface area is 183 Å². The third kappa shape index (κ3) is 4.84. The molecule has 0 saturated carbocycles. The average molecular weight is 416 g/mol. The number of ether oxygens (including phenoxy) is 1. The second-order valence-corrected chi connectivity index (χ2v) is 8.08. The van der Waals surface area contributed by atoms with E-state index in [1.165, 1.54) is 0 Å². The van der Waals surface area contributed by atoms with E-state index in [0.29, 0.717) is 19.4 Å². The van der Waals surface area contributed by atoms with Crippen LogP contribution in [0.25, 0.3) is 0 Å². The number of piperidine rings is 1. The molecule has 1 saturated heterocycles. The molecule has 0 atom stereocenters. The summed E-state index contributed by atoms with van der Waals surface area (Å²) in [4.78, 5) is 19.1. The molecule has 5 nitrogen and oxygen atoms in total. The van der Waals surface area contributed by atoms with Gasteiger partial charge in [0.15, 0.2) is 0 Å². The first-order valence-electron chi connectivity index (χ1n) is 10.8. The van der Waals surface area contributed by atoms with Crippen LogP contribution in [0, 0.1) is 0 Å². The molecule has 0 radical (unpaired) electrons. The van der Waals surface area contributed by atoms with E-state index >= 15 is 0 Å². The van der Waals surface area contributed by atoms with E-state index in [0.717, 1.165) is 36.5 Å². The van der Waals surface area contributed by atoms with Gasteiger partial charge in [0.05, 0.1) is 17.7 Å². The van der Waals surface area contributed by atoms with Crippen molar-refractivity contribution in [2.45, 2.75) is 24.4 Å². The number of carbonyl (C=O) groups excluding carboxylic acids is 1. The average Bonchev–Trinajstić information content (AvgIpc) is 2.84. The van der Waals surface area contributed by atoms with E-state index in [-0.39, 0.29) is 12.0 Å². The topological polar surface area (TPSA) is 68.5 Å². The van der Waals surface area contributed by atoms with Gasteiger partial charge in [-0.2, -0.15) is 0 Å². The lowest BCUT2D eigenvalue weighted by atomic mass is 9.74. The van der Waals surface area contributed by atoms with Crippen LogP contribution in [0.1, 0.15) is 35.8 Å². The Morgan fingerprint density at radius 2 is 1.52 bits per heavy atom. The fraction of sp³-hybridized carbons (Fsp3) is 0.308. The minimum Gasteiger partial charge on any atom is -0.369 e. The number of aromatic nitrogens is 1. The molecule has 31 heavy (non-hydrogen) atoms. The van der Waals surface area contributed by atoms with Crippen LogP contribution >= 0.6 is 0 Å². The molecule has 0 aliphatic carbocycles. The van der Waals surface area contributed by atoms with Crippen molar-refractivity contribution in [2.24, 2.45) is 5.73 Å². The molecule has 1 aromatic heterocycles. The molecule has 2 aromatic carbocycles. The van der Waals surface area contributed by atoms with E-state index in [1.54, 1.807) is 6.20 Å². The lowest BCUT2D eigenvalue weighted by molar-refractivity contribution is -0.125. The summed E-state index contributed by atoms with van der Waals surface area (Å²) in [7, 11) is 0. The number of primary amides is 1. The van der Waals surface area contributed by atoms with Crippen molar-refractivity contribution < 1.29 is 9.53 Å². The number of hydrogen-bond donors (Lipinski definition) is 1. The zero-order valence-corrected chi connectivity index (χ0v) is 17.7. The van der Waals surface area contributed by atoms with Gasteiger partial charge in [-0.05, 0) is 49.2 Å². The summed E-state index contributed by atoms with van der Waals surface area (Å²) >= 11 is 0. The molecule has 3 aromatic rings. The number of nitrogens with two attached hydrogens (primary N) is 1. The monoisotopic (exact) mass is 415 g/mol. The van der Waals surface area contributed by atoms with E-state index in [2.05, 4.69) is 34.1 Å². The van der Waals surface area contributed by atoms with Gasteiger partial charge in [0.25, 0.3) is 0 Å². The van der Waals surface area contributed by atoms with Crippen molar-refractivity contribution in [3.8, 4) is 0 Å². The number of carbonyl (C=O) groups is 1. The zero-order valence-electron chi connectivity index (χ0n) is 17.7. The predicted molar refractivity (Wildman–Crippen MR) is 121 cm³/mol. The quantitative estimate of drug-likeness (QED) is 0.609. The van der Waals surface area contributed by atoms with Crippen LogP contribution < -0.4 is 5.73 Å². The van der Waals surface area contributed by atoms with Gasteiger partial charge in [-0.15, -0.1) is 0 Å². The highest BCUT2D eigenvalue weighted by atomic mass is 16.5. The number of benzene rings is 2. The van der Waals surface area contributed by atoms with Gasteiger partial charge in [0.1, 0.15) is 6.10 Å². The lowest BCUT2D eigenvalue weighted by Crippen LogP contribution is -2.51. The fourth-order valence-corrected chi connectivity index (χ4v) is 4.37. The highest BCUT2D eigenvalue weighted by Gasteiger charge is 2.42. The van der Waals surface area contributed by atoms with Crippen LogP contribution in [-0.2, 0) is 14.9 Å². The molecule has 2 N–H and O–H groups in total. The second-order valence-electron chi connectivity index (χ2n) is 8.08. The third-order valence-corrected chi connectivity index (χ3v) is 6.23. The first-order chi connectivity index (χ1) is 15.2. The Hall–Kier alpha value is -3.02. The summed E-state index contributed by atoms with van der Waals surface area (Å²) in [6.45, 7) is 3.02. The maximum Gasteiger partial charge on any atom is 0.229 e. The van der Waals surface area contributed by atoms with Crippen molar-refractivity contribution in [3.63, 3.8) is 0 Å². The fourth-order valence-electron chi connectivity index (χ4n) is 4.37. The third-order valence-electron chi connectivity index (χ3n) is 6.23. The number of pyridine rings is 1. The van der Waals surface area contributed by atoms with Crippen LogP contribution in [0.5, 0.6) is 0 Å². The van der Waals surface area contributed by atoms with Crippen LogP contribution in [0.4, 0.5) is 0 Å². The predicted octanol–water partition coefficient (Wildman–Crippen LogP) is 3.71. The number of likely N-dealkylation sites (tertiary alicyclic amines) is 1. The summed E-state index contributed by atoms with van der Waals surface area (Å²) in [5, 5.41) is 0. The maximum atomic E-state index is 12.3. The molecule has 0 bridgehead atoms. The first kappa shape index (κ1) is 21.2. The molecule has 5 heteroatoms. The molecule has 160 valence electrons. The smallest absolute Gasteiger partial charge is 0.229 e. The van der Waals surface area contributed by atoms with Gasteiger partial charge in [0, 0.05) is 12.7 Å². The first-order valence-corrected chi connectivity index (χ1v) is 10.8. The Morgan fingerprint density at radius 1 is 0.935 bits per heavy atom. The van der Waals surface area contributed by atoms with Crippen molar-refractivity contribution >= 4 is 5.91 Å². The molecule has 2 heterocycles. The van der Waals surface area contributed by atoms with Gasteiger partial charge in [0.2, 0.25) is 5.91 Å². The molecule has 0 unspecified atom stereocenters. The minimum absolute atomic E-state index is 0.0922. The highest BCUT2D eigenvalue weighted by molar-refractivity contribution is 5.86. The number of amides is 1. The van der Waals surface area contributed by atoms with Crippen LogP contribution in [0.3, 0.4) is 0 Å². The summed E-state index contributed by atoms with van der Waals surface area (Å²) in [5.74, 6) is -0.282. The van der Waals surface area contributed by atoms with Crippen LogP contribution in [0.2, 0.25) is 0 Å². The Bertz CT molecular complexity index is 916. The Balaban J connectivity index is 1.37. The van der Waals surface area contributed by atoms with Crippen LogP contribution in [0.15, 0.2) is 85.1 Å². The number of rotatable bonds is 8. The van der Waals surface area contributed by atoms with Crippen molar-refractivity contribution in [1.29, 1.82) is 0 Å². The van der Waals surface area contributed by atoms with Gasteiger partial charge in [-0.25, -0.2) is 0 Å². The maximum absolute atomic E-state index is 12.3. The van der Waals surface area contributed by atoms with Gasteiger partial charge < -0.3 is 15.4 Å². The SMILES string of the molecule is NC(=O)C1(c2ccccn2)CCN(CCOC(c2ccccc2)c2ccccc2)CC1. The zero-order chi connectivity index (χ0) is 21.5. The summed E-state index contributed by atoms with van der Waals surface area (Å²) in [5.41, 5.74) is 8.24. The Kier molecular flexibility index (Phi) is 6.75. The summed E-state index contributed by atoms with van der Waals surface area (Å²) in [6.07, 6.45) is 3.00. The van der Waals surface area contributed by atoms with Crippen molar-refractivity contribution in [2.75, 3.05) is 26.2 Å². The lowest BCUT2D eigenvalue weighted by Gasteiger charge is -2.39. The standard InChI is InChI=1S/C26H29N3O2/c27-25(30)26(23-13-7-8-16-28-23)14-17-29(18-15-26)19-20-31-24(21-9-3-1-4-10-21)22-11-5-2-6-12-22/h1-13,16,24H,14-15,17-20H2,(H2,27,30). The molecule has 1 aliphatic rings. The number of nitrogens with zero attached hydrogens (tertiary/aromatic N) is 2. The molecule has 4 rings (SSSR count). The van der Waals surface area contributed by atoms with Crippen molar-refractivity contribution in [1.82, 2.24) is 9.88 Å². The molecule has 1 amide bonds. The molecule has 1 fully saturated rings. The number of hydrogen-bond acceptors (Lipinski definition) is 4. The van der Waals surface area contributed by atoms with Crippen molar-refractivity contribution in [3.05, 3.63) is 102 Å². The molecule has 1 aliphatic heterocycles. The van der Waals surface area contributed by atoms with E-state index in [1.807, 2.05) is 54.6 Å². The van der Waals surface area contributed by atoms with Crippen LogP contribution in [-0.4, -0.2) is 42.0 Å². The summed E-state index contributed by atoms with van der Waals surface area (Å²) < 4.78 is 6.36. The molecule has 0 spiro atoms. The van der Waals surface area contributed by atoms with E-state index in [9.17, 15) is 4.79 Å². The second kappa shape index (κ2) is 9.86. The normalized spacial score (nSPS) is 16.3.